The van der Waals surface area contributed by atoms with Gasteiger partial charge in [0.1, 0.15) is 10.1 Å². The minimum atomic E-state index is -3.83. The second kappa shape index (κ2) is 20.5. The third kappa shape index (κ3) is 11.6. The van der Waals surface area contributed by atoms with Gasteiger partial charge in [0.15, 0.2) is 0 Å². The fraction of sp³-hybridized carbons (Fsp3) is 0.354. The zero-order valence-corrected chi connectivity index (χ0v) is 38.8. The van der Waals surface area contributed by atoms with Gasteiger partial charge < -0.3 is 14.9 Å². The van der Waals surface area contributed by atoms with Crippen LogP contribution in [0.4, 0.5) is 11.4 Å². The zero-order valence-electron chi connectivity index (χ0n) is 37.2. The van der Waals surface area contributed by atoms with Gasteiger partial charge in [-0.15, -0.1) is 0 Å². The maximum atomic E-state index is 13.2. The number of carbonyl (C=O) groups excluding carboxylic acids is 2. The highest BCUT2D eigenvalue weighted by Crippen LogP contribution is 2.32. The van der Waals surface area contributed by atoms with E-state index in [0.29, 0.717) is 82.9 Å². The third-order valence-electron chi connectivity index (χ3n) is 12.1. The van der Waals surface area contributed by atoms with Crippen LogP contribution in [0.2, 0.25) is 0 Å². The van der Waals surface area contributed by atoms with Crippen LogP contribution in [0.25, 0.3) is 0 Å². The van der Waals surface area contributed by atoms with E-state index in [1.165, 1.54) is 28.9 Å². The van der Waals surface area contributed by atoms with Gasteiger partial charge in [0.2, 0.25) is 10.0 Å². The van der Waals surface area contributed by atoms with Crippen LogP contribution in [0.15, 0.2) is 96.0 Å². The number of nitrogens with one attached hydrogen (secondary N) is 2. The van der Waals surface area contributed by atoms with E-state index in [0.717, 1.165) is 31.2 Å². The summed E-state index contributed by atoms with van der Waals surface area (Å²) >= 11 is 0. The zero-order chi connectivity index (χ0) is 47.1. The van der Waals surface area contributed by atoms with Crippen molar-refractivity contribution in [1.29, 1.82) is 10.5 Å². The van der Waals surface area contributed by atoms with Crippen LogP contribution in [-0.2, 0) is 27.1 Å². The number of sulfonamides is 2. The second-order valence-corrected chi connectivity index (χ2v) is 20.4. The van der Waals surface area contributed by atoms with Gasteiger partial charge in [0.05, 0.1) is 46.9 Å². The molecular formula is C48H54N8O7S2. The Kier molecular flexibility index (Phi) is 15.1. The topological polar surface area (TPSA) is 219 Å². The SMILES string of the molecule is Cc1ccc(C(=O)N2CCC(c3ccc(C#N)cc3)CC2)cc1NS(=O)(=O)C(C)CO.Cc1ccc(C(=O)N2CCC(c3ccc(C#N)cc3)CC2)cc1NS(=O)(=O)c1cn(C)nc1C. The summed E-state index contributed by atoms with van der Waals surface area (Å²) in [5.74, 6) is 0.447. The van der Waals surface area contributed by atoms with Crippen LogP contribution in [0.5, 0.6) is 0 Å². The Hall–Kier alpha value is -6.53. The quantitative estimate of drug-likeness (QED) is 0.127. The summed E-state index contributed by atoms with van der Waals surface area (Å²) in [4.78, 5) is 29.9. The minimum absolute atomic E-state index is 0.107. The molecule has 2 saturated heterocycles. The monoisotopic (exact) mass is 918 g/mol. The molecule has 2 fully saturated rings. The Bertz CT molecular complexity index is 2830. The number of anilines is 2. The highest BCUT2D eigenvalue weighted by Gasteiger charge is 2.28. The first-order chi connectivity index (χ1) is 30.9. The summed E-state index contributed by atoms with van der Waals surface area (Å²) in [5.41, 5.74) is 7.06. The summed E-state index contributed by atoms with van der Waals surface area (Å²) < 4.78 is 57.0. The number of benzene rings is 4. The predicted octanol–water partition coefficient (Wildman–Crippen LogP) is 6.74. The Balaban J connectivity index is 0.000000216. The number of piperidine rings is 2. The molecule has 17 heteroatoms. The standard InChI is InChI=1S/C25H27N5O3S.C23H27N3O4S/c1-17-4-7-22(14-23(17)28-34(32,33)24-16-29(3)27-18(24)2)25(31)30-12-10-21(11-13-30)20-8-5-19(15-26)6-9-20;1-16-3-6-21(13-22(16)25-31(29,30)17(2)15-27)23(28)26-11-9-20(10-12-26)19-7-4-18(14-24)5-8-19/h4-9,14,16,21,28H,10-13H2,1-3H3;3-8,13,17,20,25,27H,9-12,15H2,1-2H3. The van der Waals surface area contributed by atoms with Gasteiger partial charge in [-0.1, -0.05) is 36.4 Å². The van der Waals surface area contributed by atoms with E-state index in [2.05, 4.69) is 26.7 Å². The number of nitrogens with zero attached hydrogens (tertiary/aromatic N) is 6. The number of likely N-dealkylation sites (tertiary alicyclic amines) is 2. The molecule has 65 heavy (non-hydrogen) atoms. The van der Waals surface area contributed by atoms with E-state index in [-0.39, 0.29) is 16.7 Å². The van der Waals surface area contributed by atoms with Crippen LogP contribution in [0.3, 0.4) is 0 Å². The molecule has 2 amide bonds. The number of aliphatic hydroxyl groups excluding tert-OH is 1. The van der Waals surface area contributed by atoms with Crippen molar-refractivity contribution in [3.63, 3.8) is 0 Å². The summed E-state index contributed by atoms with van der Waals surface area (Å²) in [6, 6.07) is 29.6. The van der Waals surface area contributed by atoms with E-state index in [1.807, 2.05) is 53.4 Å². The number of hydrogen-bond acceptors (Lipinski definition) is 10. The van der Waals surface area contributed by atoms with Crippen LogP contribution in [0.1, 0.15) is 104 Å². The molecule has 1 atom stereocenters. The first-order valence-corrected chi connectivity index (χ1v) is 24.4. The van der Waals surface area contributed by atoms with Crippen molar-refractivity contribution in [2.45, 2.75) is 75.4 Å². The molecule has 7 rings (SSSR count). The van der Waals surface area contributed by atoms with Crippen molar-refractivity contribution >= 4 is 43.2 Å². The molecule has 0 spiro atoms. The number of aliphatic hydroxyl groups is 1. The van der Waals surface area contributed by atoms with E-state index >= 15 is 0 Å². The van der Waals surface area contributed by atoms with Gasteiger partial charge in [0.25, 0.3) is 21.8 Å². The Morgan fingerprint density at radius 1 is 0.708 bits per heavy atom. The summed E-state index contributed by atoms with van der Waals surface area (Å²) in [6.45, 7) is 8.60. The lowest BCUT2D eigenvalue weighted by Crippen LogP contribution is -2.38. The summed E-state index contributed by atoms with van der Waals surface area (Å²) in [6.07, 6.45) is 4.79. The maximum absolute atomic E-state index is 13.2. The van der Waals surface area contributed by atoms with Gasteiger partial charge in [-0.2, -0.15) is 15.6 Å². The third-order valence-corrected chi connectivity index (χ3v) is 15.3. The highest BCUT2D eigenvalue weighted by atomic mass is 32.2. The van der Waals surface area contributed by atoms with Crippen molar-refractivity contribution in [1.82, 2.24) is 19.6 Å². The number of rotatable bonds is 11. The van der Waals surface area contributed by atoms with Gasteiger partial charge in [-0.05, 0) is 136 Å². The number of carbonyl (C=O) groups is 2. The molecule has 4 aromatic carbocycles. The minimum Gasteiger partial charge on any atom is -0.395 e. The fourth-order valence-electron chi connectivity index (χ4n) is 7.98. The molecule has 5 aromatic rings. The van der Waals surface area contributed by atoms with Crippen LogP contribution in [0, 0.1) is 43.4 Å². The average Bonchev–Trinajstić information content (AvgIpc) is 3.68. The molecule has 0 radical (unpaired) electrons. The molecule has 1 aromatic heterocycles. The van der Waals surface area contributed by atoms with Crippen molar-refractivity contribution in [2.24, 2.45) is 7.05 Å². The molecule has 340 valence electrons. The molecule has 1 unspecified atom stereocenters. The lowest BCUT2D eigenvalue weighted by Gasteiger charge is -2.32. The van der Waals surface area contributed by atoms with Crippen molar-refractivity contribution in [3.05, 3.63) is 141 Å². The largest absolute Gasteiger partial charge is 0.395 e. The molecule has 0 bridgehead atoms. The van der Waals surface area contributed by atoms with E-state index in [1.54, 1.807) is 69.1 Å². The maximum Gasteiger partial charge on any atom is 0.265 e. The first-order valence-electron chi connectivity index (χ1n) is 21.4. The molecule has 0 aliphatic carbocycles. The summed E-state index contributed by atoms with van der Waals surface area (Å²) in [7, 11) is -5.91. The summed E-state index contributed by atoms with van der Waals surface area (Å²) in [5, 5.41) is 30.2. The van der Waals surface area contributed by atoms with Crippen LogP contribution >= 0.6 is 0 Å². The molecule has 0 saturated carbocycles. The molecule has 15 nitrogen and oxygen atoms in total. The highest BCUT2D eigenvalue weighted by molar-refractivity contribution is 7.93. The van der Waals surface area contributed by atoms with Gasteiger partial charge in [-0.25, -0.2) is 16.8 Å². The van der Waals surface area contributed by atoms with Gasteiger partial charge >= 0.3 is 0 Å². The smallest absolute Gasteiger partial charge is 0.265 e. The Morgan fingerprint density at radius 3 is 1.49 bits per heavy atom. The van der Waals surface area contributed by atoms with Crippen molar-refractivity contribution in [2.75, 3.05) is 42.2 Å². The van der Waals surface area contributed by atoms with Crippen molar-refractivity contribution in [3.8, 4) is 12.1 Å². The van der Waals surface area contributed by atoms with Crippen LogP contribution in [-0.4, -0.2) is 91.4 Å². The Morgan fingerprint density at radius 2 is 1.12 bits per heavy atom. The van der Waals surface area contributed by atoms with E-state index < -0.39 is 31.9 Å². The van der Waals surface area contributed by atoms with E-state index in [4.69, 9.17) is 15.6 Å². The molecule has 3 heterocycles. The number of hydrogen-bond donors (Lipinski definition) is 3. The van der Waals surface area contributed by atoms with Gasteiger partial charge in [0, 0.05) is 50.6 Å². The number of nitriles is 2. The van der Waals surface area contributed by atoms with Crippen LogP contribution < -0.4 is 9.44 Å². The number of amides is 2. The normalized spacial score (nSPS) is 15.2. The Labute approximate surface area is 381 Å². The lowest BCUT2D eigenvalue weighted by molar-refractivity contribution is 0.0705. The number of aryl methyl sites for hydroxylation is 4. The molecular weight excluding hydrogens is 865 g/mol. The predicted molar refractivity (Wildman–Crippen MR) is 248 cm³/mol. The molecule has 2 aliphatic rings. The first kappa shape index (κ1) is 47.9. The van der Waals surface area contributed by atoms with Gasteiger partial charge in [-0.3, -0.25) is 23.7 Å². The van der Waals surface area contributed by atoms with Crippen molar-refractivity contribution < 1.29 is 31.5 Å². The lowest BCUT2D eigenvalue weighted by atomic mass is 9.89. The molecule has 2 aliphatic heterocycles. The second-order valence-electron chi connectivity index (χ2n) is 16.7. The van der Waals surface area contributed by atoms with E-state index in [9.17, 15) is 26.4 Å². The number of aromatic nitrogens is 2. The fourth-order valence-corrected chi connectivity index (χ4v) is 10.2. The average molecular weight is 919 g/mol. The molecule has 3 N–H and O–H groups in total.